The van der Waals surface area contributed by atoms with Crippen LogP contribution < -0.4 is 10.1 Å². The third kappa shape index (κ3) is 3.56. The van der Waals surface area contributed by atoms with Crippen LogP contribution in [-0.2, 0) is 13.1 Å². The van der Waals surface area contributed by atoms with Crippen LogP contribution in [0.4, 0.5) is 5.69 Å². The monoisotopic (exact) mass is 288 g/mol. The Morgan fingerprint density at radius 1 is 1.38 bits per heavy atom. The molecule has 2 rings (SSSR count). The third-order valence-electron chi connectivity index (χ3n) is 3.29. The molecule has 2 N–H and O–H groups in total. The van der Waals surface area contributed by atoms with E-state index in [0.717, 1.165) is 18.7 Å². The second-order valence-corrected chi connectivity index (χ2v) is 4.77. The Morgan fingerprint density at radius 3 is 2.86 bits per heavy atom. The van der Waals surface area contributed by atoms with Gasteiger partial charge >= 0.3 is 5.97 Å². The molecule has 21 heavy (non-hydrogen) atoms. The molecule has 1 aromatic heterocycles. The normalized spacial score (nSPS) is 10.4. The molecule has 0 atom stereocenters. The van der Waals surface area contributed by atoms with Gasteiger partial charge in [-0.1, -0.05) is 6.92 Å². The van der Waals surface area contributed by atoms with Crippen molar-refractivity contribution in [2.24, 2.45) is 0 Å². The molecule has 5 nitrogen and oxygen atoms in total. The predicted molar refractivity (Wildman–Crippen MR) is 82.0 cm³/mol. The lowest BCUT2D eigenvalue weighted by Gasteiger charge is -2.13. The van der Waals surface area contributed by atoms with Crippen LogP contribution in [0.3, 0.4) is 0 Å². The van der Waals surface area contributed by atoms with Gasteiger partial charge in [0.25, 0.3) is 0 Å². The van der Waals surface area contributed by atoms with Crippen molar-refractivity contribution in [3.8, 4) is 5.75 Å². The van der Waals surface area contributed by atoms with Gasteiger partial charge in [-0.3, -0.25) is 0 Å². The van der Waals surface area contributed by atoms with Crippen LogP contribution in [-0.4, -0.2) is 22.8 Å². The van der Waals surface area contributed by atoms with Crippen molar-refractivity contribution >= 4 is 11.7 Å². The Bertz CT molecular complexity index is 620. The number of hydrogen-bond donors (Lipinski definition) is 2. The van der Waals surface area contributed by atoms with E-state index in [0.29, 0.717) is 18.0 Å². The maximum Gasteiger partial charge on any atom is 0.335 e. The molecule has 5 heteroatoms. The number of carboxylic acids is 1. The molecule has 0 unspecified atom stereocenters. The number of anilines is 1. The van der Waals surface area contributed by atoms with E-state index in [1.54, 1.807) is 19.2 Å². The zero-order valence-electron chi connectivity index (χ0n) is 12.3. The standard InChI is InChI=1S/C16H20N2O3/c1-3-8-18-9-4-5-13(18)11-17-14-10-12(16(19)20)6-7-15(14)21-2/h4-7,9-10,17H,3,8,11H2,1-2H3,(H,19,20). The average Bonchev–Trinajstić information content (AvgIpc) is 2.92. The Hall–Kier alpha value is -2.43. The van der Waals surface area contributed by atoms with E-state index in [4.69, 9.17) is 9.84 Å². The molecule has 2 aromatic rings. The number of nitrogens with one attached hydrogen (secondary N) is 1. The minimum Gasteiger partial charge on any atom is -0.495 e. The van der Waals surface area contributed by atoms with Crippen LogP contribution in [0.5, 0.6) is 5.75 Å². The lowest BCUT2D eigenvalue weighted by molar-refractivity contribution is 0.0697. The van der Waals surface area contributed by atoms with E-state index in [1.807, 2.05) is 12.3 Å². The Balaban J connectivity index is 2.16. The highest BCUT2D eigenvalue weighted by Gasteiger charge is 2.09. The quantitative estimate of drug-likeness (QED) is 0.821. The summed E-state index contributed by atoms with van der Waals surface area (Å²) < 4.78 is 7.45. The molecule has 0 saturated carbocycles. The highest BCUT2D eigenvalue weighted by Crippen LogP contribution is 2.26. The van der Waals surface area contributed by atoms with Gasteiger partial charge in [-0.05, 0) is 36.8 Å². The summed E-state index contributed by atoms with van der Waals surface area (Å²) in [6, 6.07) is 8.85. The number of ether oxygens (including phenoxy) is 1. The maximum absolute atomic E-state index is 11.1. The van der Waals surface area contributed by atoms with Crippen molar-refractivity contribution in [3.05, 3.63) is 47.8 Å². The van der Waals surface area contributed by atoms with Crippen molar-refractivity contribution in [1.29, 1.82) is 0 Å². The van der Waals surface area contributed by atoms with Crippen LogP contribution in [0.25, 0.3) is 0 Å². The second-order valence-electron chi connectivity index (χ2n) is 4.77. The first kappa shape index (κ1) is 15.0. The molecule has 0 aliphatic rings. The van der Waals surface area contributed by atoms with Crippen molar-refractivity contribution in [1.82, 2.24) is 4.57 Å². The molecule has 0 saturated heterocycles. The number of hydrogen-bond acceptors (Lipinski definition) is 3. The predicted octanol–water partition coefficient (Wildman–Crippen LogP) is 3.22. The number of aromatic nitrogens is 1. The fraction of sp³-hybridized carbons (Fsp3) is 0.312. The number of carbonyl (C=O) groups is 1. The highest BCUT2D eigenvalue weighted by atomic mass is 16.5. The Morgan fingerprint density at radius 2 is 2.19 bits per heavy atom. The van der Waals surface area contributed by atoms with Crippen LogP contribution in [0, 0.1) is 0 Å². The fourth-order valence-electron chi connectivity index (χ4n) is 2.23. The van der Waals surface area contributed by atoms with Gasteiger partial charge in [0.05, 0.1) is 24.9 Å². The van der Waals surface area contributed by atoms with Gasteiger partial charge in [-0.15, -0.1) is 0 Å². The first-order valence-corrected chi connectivity index (χ1v) is 6.95. The highest BCUT2D eigenvalue weighted by molar-refractivity contribution is 5.89. The molecule has 0 aliphatic heterocycles. The third-order valence-corrected chi connectivity index (χ3v) is 3.29. The molecular formula is C16H20N2O3. The summed E-state index contributed by atoms with van der Waals surface area (Å²) in [7, 11) is 1.57. The maximum atomic E-state index is 11.1. The fourth-order valence-corrected chi connectivity index (χ4v) is 2.23. The molecule has 0 aliphatic carbocycles. The summed E-state index contributed by atoms with van der Waals surface area (Å²) in [5, 5.41) is 12.3. The SMILES string of the molecule is CCCn1cccc1CNc1cc(C(=O)O)ccc1OC. The summed E-state index contributed by atoms with van der Waals surface area (Å²) in [6.45, 7) is 3.72. The molecule has 112 valence electrons. The molecule has 0 amide bonds. The number of rotatable bonds is 7. The van der Waals surface area contributed by atoms with E-state index < -0.39 is 5.97 Å². The second kappa shape index (κ2) is 6.83. The summed E-state index contributed by atoms with van der Waals surface area (Å²) in [5.41, 5.74) is 2.07. The summed E-state index contributed by atoms with van der Waals surface area (Å²) in [4.78, 5) is 11.1. The minimum absolute atomic E-state index is 0.238. The molecule has 0 fully saturated rings. The van der Waals surface area contributed by atoms with E-state index in [1.165, 1.54) is 6.07 Å². The van der Waals surface area contributed by atoms with Crippen LogP contribution in [0.1, 0.15) is 29.4 Å². The van der Waals surface area contributed by atoms with Crippen LogP contribution in [0.15, 0.2) is 36.5 Å². The zero-order chi connectivity index (χ0) is 15.2. The summed E-state index contributed by atoms with van der Waals surface area (Å²) in [5.74, 6) is -0.316. The zero-order valence-corrected chi connectivity index (χ0v) is 12.3. The first-order valence-electron chi connectivity index (χ1n) is 6.95. The Kier molecular flexibility index (Phi) is 4.87. The van der Waals surface area contributed by atoms with E-state index in [2.05, 4.69) is 22.9 Å². The topological polar surface area (TPSA) is 63.5 Å². The lowest BCUT2D eigenvalue weighted by Crippen LogP contribution is -2.08. The minimum atomic E-state index is -0.949. The van der Waals surface area contributed by atoms with E-state index in [9.17, 15) is 4.79 Å². The largest absolute Gasteiger partial charge is 0.495 e. The number of carboxylic acid groups (broad SMARTS) is 1. The number of methoxy groups -OCH3 is 1. The lowest BCUT2D eigenvalue weighted by atomic mass is 10.2. The van der Waals surface area contributed by atoms with Crippen molar-refractivity contribution in [2.75, 3.05) is 12.4 Å². The number of nitrogens with zero attached hydrogens (tertiary/aromatic N) is 1. The Labute approximate surface area is 124 Å². The van der Waals surface area contributed by atoms with Gasteiger partial charge in [0.2, 0.25) is 0 Å². The number of aromatic carboxylic acids is 1. The molecule has 0 radical (unpaired) electrons. The number of aryl methyl sites for hydroxylation is 1. The summed E-state index contributed by atoms with van der Waals surface area (Å²) >= 11 is 0. The molecule has 0 bridgehead atoms. The van der Waals surface area contributed by atoms with Crippen LogP contribution in [0.2, 0.25) is 0 Å². The molecule has 1 aromatic carbocycles. The molecule has 0 spiro atoms. The summed E-state index contributed by atoms with van der Waals surface area (Å²) in [6.07, 6.45) is 3.12. The van der Waals surface area contributed by atoms with Gasteiger partial charge in [0.15, 0.2) is 0 Å². The van der Waals surface area contributed by atoms with Crippen LogP contribution >= 0.6 is 0 Å². The van der Waals surface area contributed by atoms with Gasteiger partial charge in [0.1, 0.15) is 5.75 Å². The van der Waals surface area contributed by atoms with E-state index in [-0.39, 0.29) is 5.56 Å². The first-order chi connectivity index (χ1) is 10.2. The van der Waals surface area contributed by atoms with Gasteiger partial charge in [-0.25, -0.2) is 4.79 Å². The smallest absolute Gasteiger partial charge is 0.335 e. The van der Waals surface area contributed by atoms with Gasteiger partial charge in [-0.2, -0.15) is 0 Å². The van der Waals surface area contributed by atoms with Gasteiger partial charge in [0, 0.05) is 18.4 Å². The average molecular weight is 288 g/mol. The molecular weight excluding hydrogens is 268 g/mol. The molecule has 1 heterocycles. The van der Waals surface area contributed by atoms with Crippen molar-refractivity contribution in [2.45, 2.75) is 26.4 Å². The van der Waals surface area contributed by atoms with Crippen molar-refractivity contribution in [3.63, 3.8) is 0 Å². The van der Waals surface area contributed by atoms with Crippen molar-refractivity contribution < 1.29 is 14.6 Å². The van der Waals surface area contributed by atoms with E-state index >= 15 is 0 Å². The number of benzene rings is 1. The van der Waals surface area contributed by atoms with Gasteiger partial charge < -0.3 is 19.7 Å².